The smallest absolute Gasteiger partial charge is 0.338 e. The van der Waals surface area contributed by atoms with Crippen LogP contribution in [0, 0.1) is 0 Å². The molecule has 0 radical (unpaired) electrons. The molecule has 4 heteroatoms. The number of fused-ring (bicyclic) bond motifs is 1. The fraction of sp³-hybridized carbons (Fsp3) is 0.120. The first-order valence-corrected chi connectivity index (χ1v) is 9.59. The number of allylic oxidation sites excluding steroid dienone is 1. The van der Waals surface area contributed by atoms with Crippen molar-refractivity contribution in [1.82, 2.24) is 0 Å². The fourth-order valence-electron chi connectivity index (χ4n) is 3.65. The third kappa shape index (κ3) is 3.34. The molecule has 3 aromatic carbocycles. The quantitative estimate of drug-likeness (QED) is 0.443. The van der Waals surface area contributed by atoms with E-state index in [0.29, 0.717) is 23.4 Å². The molecule has 0 aromatic heterocycles. The van der Waals surface area contributed by atoms with E-state index in [-0.39, 0.29) is 5.91 Å². The molecule has 0 fully saturated rings. The molecule has 3 aromatic rings. The summed E-state index contributed by atoms with van der Waals surface area (Å²) in [4.78, 5) is 27.4. The average molecular weight is 383 g/mol. The molecule has 0 saturated heterocycles. The summed E-state index contributed by atoms with van der Waals surface area (Å²) in [6.45, 7) is 4.04. The lowest BCUT2D eigenvalue weighted by molar-refractivity contribution is -0.112. The summed E-state index contributed by atoms with van der Waals surface area (Å²) in [5, 5.41) is 0. The molecule has 0 spiro atoms. The Balaban J connectivity index is 1.84. The van der Waals surface area contributed by atoms with Crippen LogP contribution in [-0.2, 0) is 9.53 Å². The Bertz CT molecular complexity index is 1120. The summed E-state index contributed by atoms with van der Waals surface area (Å²) < 4.78 is 5.11. The van der Waals surface area contributed by atoms with Crippen LogP contribution in [0.2, 0.25) is 0 Å². The van der Waals surface area contributed by atoms with Gasteiger partial charge in [0, 0.05) is 5.56 Å². The molecule has 4 rings (SSSR count). The number of hydrogen-bond donors (Lipinski definition) is 0. The van der Waals surface area contributed by atoms with Gasteiger partial charge in [0.15, 0.2) is 0 Å². The molecule has 1 amide bonds. The lowest BCUT2D eigenvalue weighted by Gasteiger charge is -2.18. The number of anilines is 2. The molecular formula is C25H21NO3. The van der Waals surface area contributed by atoms with Gasteiger partial charge in [0.25, 0.3) is 5.91 Å². The normalized spacial score (nSPS) is 14.6. The van der Waals surface area contributed by atoms with E-state index in [1.54, 1.807) is 30.0 Å². The summed E-state index contributed by atoms with van der Waals surface area (Å²) >= 11 is 0. The summed E-state index contributed by atoms with van der Waals surface area (Å²) in [6.07, 6.45) is 0. The molecular weight excluding hydrogens is 362 g/mol. The first-order valence-electron chi connectivity index (χ1n) is 9.59. The summed E-state index contributed by atoms with van der Waals surface area (Å²) in [6, 6.07) is 24.6. The van der Waals surface area contributed by atoms with E-state index < -0.39 is 5.97 Å². The maximum atomic E-state index is 13.5. The highest BCUT2D eigenvalue weighted by Gasteiger charge is 2.35. The molecule has 0 saturated carbocycles. The van der Waals surface area contributed by atoms with Gasteiger partial charge in [-0.1, -0.05) is 54.6 Å². The lowest BCUT2D eigenvalue weighted by Crippen LogP contribution is -2.21. The van der Waals surface area contributed by atoms with Crippen molar-refractivity contribution in [1.29, 1.82) is 0 Å². The monoisotopic (exact) mass is 383 g/mol. The van der Waals surface area contributed by atoms with Crippen molar-refractivity contribution in [3.8, 4) is 0 Å². The molecule has 1 aliphatic rings. The van der Waals surface area contributed by atoms with Crippen LogP contribution in [0.4, 0.5) is 11.4 Å². The first kappa shape index (κ1) is 18.7. The second-order valence-corrected chi connectivity index (χ2v) is 6.79. The van der Waals surface area contributed by atoms with Crippen molar-refractivity contribution in [2.75, 3.05) is 11.5 Å². The Morgan fingerprint density at radius 1 is 0.897 bits per heavy atom. The maximum Gasteiger partial charge on any atom is 0.338 e. The number of amides is 1. The number of rotatable bonds is 4. The second-order valence-electron chi connectivity index (χ2n) is 6.79. The van der Waals surface area contributed by atoms with E-state index in [1.807, 2.05) is 67.6 Å². The predicted octanol–water partition coefficient (Wildman–Crippen LogP) is 5.47. The van der Waals surface area contributed by atoms with Gasteiger partial charge in [-0.05, 0) is 49.2 Å². The number of ether oxygens (including phenoxy) is 1. The molecule has 29 heavy (non-hydrogen) atoms. The van der Waals surface area contributed by atoms with Crippen LogP contribution in [0.3, 0.4) is 0 Å². The van der Waals surface area contributed by atoms with Crippen LogP contribution in [0.25, 0.3) is 11.1 Å². The van der Waals surface area contributed by atoms with E-state index in [2.05, 4.69) is 0 Å². The number of esters is 1. The molecule has 4 nitrogen and oxygen atoms in total. The lowest BCUT2D eigenvalue weighted by atomic mass is 9.97. The van der Waals surface area contributed by atoms with E-state index in [1.165, 1.54) is 0 Å². The Hall–Kier alpha value is -3.66. The van der Waals surface area contributed by atoms with Gasteiger partial charge in [-0.25, -0.2) is 4.79 Å². The second kappa shape index (κ2) is 7.76. The van der Waals surface area contributed by atoms with Crippen LogP contribution in [0.1, 0.15) is 35.3 Å². The van der Waals surface area contributed by atoms with Gasteiger partial charge in [-0.15, -0.1) is 0 Å². The Morgan fingerprint density at radius 2 is 1.59 bits per heavy atom. The number of carbonyl (C=O) groups excluding carboxylic acids is 2. The summed E-state index contributed by atoms with van der Waals surface area (Å²) in [7, 11) is 0. The zero-order chi connectivity index (χ0) is 20.4. The molecule has 0 unspecified atom stereocenters. The Kier molecular flexibility index (Phi) is 5.00. The third-order valence-corrected chi connectivity index (χ3v) is 5.03. The van der Waals surface area contributed by atoms with Gasteiger partial charge in [-0.3, -0.25) is 9.69 Å². The van der Waals surface area contributed by atoms with Gasteiger partial charge in [0.05, 0.1) is 29.1 Å². The minimum Gasteiger partial charge on any atom is -0.462 e. The highest BCUT2D eigenvalue weighted by Crippen LogP contribution is 2.44. The highest BCUT2D eigenvalue weighted by molar-refractivity contribution is 6.39. The molecule has 0 bridgehead atoms. The third-order valence-electron chi connectivity index (χ3n) is 5.03. The maximum absolute atomic E-state index is 13.5. The number of nitrogens with zero attached hydrogens (tertiary/aromatic N) is 1. The van der Waals surface area contributed by atoms with Crippen LogP contribution in [0.5, 0.6) is 0 Å². The van der Waals surface area contributed by atoms with Crippen molar-refractivity contribution in [3.63, 3.8) is 0 Å². The molecule has 144 valence electrons. The first-order chi connectivity index (χ1) is 14.1. The van der Waals surface area contributed by atoms with E-state index >= 15 is 0 Å². The highest BCUT2D eigenvalue weighted by atomic mass is 16.5. The molecule has 0 atom stereocenters. The zero-order valence-electron chi connectivity index (χ0n) is 16.4. The van der Waals surface area contributed by atoms with E-state index in [9.17, 15) is 9.59 Å². The Morgan fingerprint density at radius 3 is 2.34 bits per heavy atom. The van der Waals surface area contributed by atoms with Gasteiger partial charge in [-0.2, -0.15) is 0 Å². The zero-order valence-corrected chi connectivity index (χ0v) is 16.4. The standard InChI is InChI=1S/C25H21NO3/c1-3-29-25(28)19-12-9-13-20(16-19)26-22-15-8-7-14-21(22)23(24(26)27)17(2)18-10-5-4-6-11-18/h4-16H,3H2,1-2H3. The number of para-hydroxylation sites is 1. The molecule has 1 heterocycles. The van der Waals surface area contributed by atoms with Crippen molar-refractivity contribution >= 4 is 34.4 Å². The predicted molar refractivity (Wildman–Crippen MR) is 115 cm³/mol. The van der Waals surface area contributed by atoms with Crippen molar-refractivity contribution < 1.29 is 14.3 Å². The van der Waals surface area contributed by atoms with Gasteiger partial charge in [0.2, 0.25) is 0 Å². The molecule has 1 aliphatic heterocycles. The molecule has 0 aliphatic carbocycles. The average Bonchev–Trinajstić information content (AvgIpc) is 3.06. The van der Waals surface area contributed by atoms with Crippen molar-refractivity contribution in [2.24, 2.45) is 0 Å². The number of carbonyl (C=O) groups is 2. The minimum atomic E-state index is -0.398. The number of hydrogen-bond acceptors (Lipinski definition) is 3. The molecule has 0 N–H and O–H groups in total. The Labute approximate surface area is 170 Å². The van der Waals surface area contributed by atoms with Crippen molar-refractivity contribution in [2.45, 2.75) is 13.8 Å². The summed E-state index contributed by atoms with van der Waals surface area (Å²) in [5.41, 5.74) is 5.37. The van der Waals surface area contributed by atoms with E-state index in [0.717, 1.165) is 22.4 Å². The van der Waals surface area contributed by atoms with Gasteiger partial charge in [0.1, 0.15) is 0 Å². The summed E-state index contributed by atoms with van der Waals surface area (Å²) in [5.74, 6) is -0.501. The minimum absolute atomic E-state index is 0.103. The van der Waals surface area contributed by atoms with Crippen LogP contribution < -0.4 is 4.90 Å². The van der Waals surface area contributed by atoms with Crippen LogP contribution in [-0.4, -0.2) is 18.5 Å². The van der Waals surface area contributed by atoms with E-state index in [4.69, 9.17) is 4.74 Å². The van der Waals surface area contributed by atoms with Gasteiger partial charge >= 0.3 is 5.97 Å². The topological polar surface area (TPSA) is 46.6 Å². The largest absolute Gasteiger partial charge is 0.462 e. The van der Waals surface area contributed by atoms with Gasteiger partial charge < -0.3 is 4.74 Å². The number of benzene rings is 3. The fourth-order valence-corrected chi connectivity index (χ4v) is 3.65. The van der Waals surface area contributed by atoms with Crippen molar-refractivity contribution in [3.05, 3.63) is 95.6 Å². The van der Waals surface area contributed by atoms with Crippen LogP contribution >= 0.6 is 0 Å². The van der Waals surface area contributed by atoms with Crippen LogP contribution in [0.15, 0.2) is 78.9 Å². The SMILES string of the molecule is CCOC(=O)c1cccc(N2C(=O)C(=C(C)c3ccccc3)c3ccccc32)c1.